The summed E-state index contributed by atoms with van der Waals surface area (Å²) in [5.74, 6) is -1.15. The molecule has 0 spiro atoms. The minimum atomic E-state index is -1.09. The fourth-order valence-corrected chi connectivity index (χ4v) is 2.04. The predicted octanol–water partition coefficient (Wildman–Crippen LogP) is 3.04. The summed E-state index contributed by atoms with van der Waals surface area (Å²) in [5, 5.41) is 9.78. The van der Waals surface area contributed by atoms with Crippen molar-refractivity contribution in [1.82, 2.24) is 0 Å². The highest BCUT2D eigenvalue weighted by Gasteiger charge is 2.20. The van der Waals surface area contributed by atoms with Crippen LogP contribution in [0.5, 0.6) is 0 Å². The minimum Gasteiger partial charge on any atom is -0.475 e. The highest BCUT2D eigenvalue weighted by Crippen LogP contribution is 2.31. The highest BCUT2D eigenvalue weighted by atomic mass is 79.9. The Balaban J connectivity index is 2.75. The fourth-order valence-electron chi connectivity index (χ4n) is 1.60. The molecule has 2 aromatic rings. The summed E-state index contributed by atoms with van der Waals surface area (Å²) in [6.45, 7) is 0.213. The second-order valence-electron chi connectivity index (χ2n) is 3.26. The van der Waals surface area contributed by atoms with Gasteiger partial charge in [-0.15, -0.1) is 0 Å². The van der Waals surface area contributed by atoms with Gasteiger partial charge in [0.15, 0.2) is 0 Å². The average molecular weight is 285 g/mol. The van der Waals surface area contributed by atoms with Crippen molar-refractivity contribution in [2.24, 2.45) is 0 Å². The van der Waals surface area contributed by atoms with E-state index in [4.69, 9.17) is 14.3 Å². The largest absolute Gasteiger partial charge is 0.475 e. The quantitative estimate of drug-likeness (QED) is 0.941. The van der Waals surface area contributed by atoms with Crippen molar-refractivity contribution in [2.45, 2.75) is 6.61 Å². The molecule has 0 saturated carbocycles. The van der Waals surface area contributed by atoms with Crippen molar-refractivity contribution in [2.75, 3.05) is 7.11 Å². The van der Waals surface area contributed by atoms with Crippen LogP contribution >= 0.6 is 15.9 Å². The number of carboxylic acids is 1. The molecule has 0 saturated heterocycles. The molecule has 1 heterocycles. The molecule has 1 N–H and O–H groups in total. The number of rotatable bonds is 3. The fraction of sp³-hybridized carbons (Fsp3) is 0.182. The molecular weight excluding hydrogens is 276 g/mol. The number of ether oxygens (including phenoxy) is 1. The molecule has 2 rings (SSSR count). The zero-order valence-electron chi connectivity index (χ0n) is 8.49. The monoisotopic (exact) mass is 284 g/mol. The van der Waals surface area contributed by atoms with E-state index >= 15 is 0 Å². The Hall–Kier alpha value is -1.33. The van der Waals surface area contributed by atoms with Crippen LogP contribution in [0.15, 0.2) is 27.1 Å². The molecule has 0 aliphatic carbocycles. The van der Waals surface area contributed by atoms with Crippen LogP contribution in [-0.4, -0.2) is 18.2 Å². The van der Waals surface area contributed by atoms with Crippen molar-refractivity contribution < 1.29 is 19.1 Å². The molecule has 0 aliphatic heterocycles. The Kier molecular flexibility index (Phi) is 2.98. The smallest absolute Gasteiger partial charge is 0.372 e. The van der Waals surface area contributed by atoms with E-state index in [1.807, 2.05) is 12.1 Å². The van der Waals surface area contributed by atoms with E-state index in [2.05, 4.69) is 15.9 Å². The van der Waals surface area contributed by atoms with Gasteiger partial charge in [-0.1, -0.05) is 12.1 Å². The molecule has 0 unspecified atom stereocenters. The van der Waals surface area contributed by atoms with E-state index in [-0.39, 0.29) is 12.4 Å². The summed E-state index contributed by atoms with van der Waals surface area (Å²) in [6.07, 6.45) is 0. The summed E-state index contributed by atoms with van der Waals surface area (Å²) < 4.78 is 11.0. The maximum absolute atomic E-state index is 11.0. The third-order valence-electron chi connectivity index (χ3n) is 2.25. The van der Waals surface area contributed by atoms with Gasteiger partial charge in [-0.2, -0.15) is 0 Å². The second kappa shape index (κ2) is 4.27. The predicted molar refractivity (Wildman–Crippen MR) is 61.6 cm³/mol. The molecule has 1 aromatic heterocycles. The second-order valence-corrected chi connectivity index (χ2v) is 4.12. The van der Waals surface area contributed by atoms with Gasteiger partial charge in [0.25, 0.3) is 0 Å². The molecule has 4 nitrogen and oxygen atoms in total. The maximum atomic E-state index is 11.0. The van der Waals surface area contributed by atoms with E-state index in [9.17, 15) is 4.79 Å². The summed E-state index contributed by atoms with van der Waals surface area (Å²) in [5.41, 5.74) is 1.10. The van der Waals surface area contributed by atoms with Gasteiger partial charge in [-0.25, -0.2) is 4.79 Å². The number of hydrogen-bond donors (Lipinski definition) is 1. The van der Waals surface area contributed by atoms with Gasteiger partial charge in [0.2, 0.25) is 5.76 Å². The van der Waals surface area contributed by atoms with Gasteiger partial charge < -0.3 is 14.3 Å². The van der Waals surface area contributed by atoms with Crippen molar-refractivity contribution >= 4 is 32.9 Å². The summed E-state index contributed by atoms with van der Waals surface area (Å²) in [4.78, 5) is 11.0. The molecule has 0 atom stereocenters. The van der Waals surface area contributed by atoms with Gasteiger partial charge in [-0.05, 0) is 22.0 Å². The number of carbonyl (C=O) groups is 1. The van der Waals surface area contributed by atoms with Crippen molar-refractivity contribution in [3.63, 3.8) is 0 Å². The highest BCUT2D eigenvalue weighted by molar-refractivity contribution is 9.10. The van der Waals surface area contributed by atoms with Crippen molar-refractivity contribution in [3.05, 3.63) is 34.0 Å². The minimum absolute atomic E-state index is 0.0660. The number of halogens is 1. The van der Waals surface area contributed by atoms with E-state index in [0.717, 1.165) is 9.86 Å². The first kappa shape index (κ1) is 11.2. The van der Waals surface area contributed by atoms with Crippen LogP contribution in [0.1, 0.15) is 16.1 Å². The van der Waals surface area contributed by atoms with Crippen LogP contribution in [0.3, 0.4) is 0 Å². The van der Waals surface area contributed by atoms with E-state index in [0.29, 0.717) is 11.1 Å². The number of hydrogen-bond acceptors (Lipinski definition) is 3. The summed E-state index contributed by atoms with van der Waals surface area (Å²) in [6, 6.07) is 5.44. The Labute approximate surface area is 99.9 Å². The van der Waals surface area contributed by atoms with Crippen LogP contribution in [0.4, 0.5) is 0 Å². The molecule has 0 aliphatic rings. The Bertz CT molecular complexity index is 544. The Morgan fingerprint density at radius 2 is 2.31 bits per heavy atom. The molecule has 0 bridgehead atoms. The molecule has 0 radical (unpaired) electrons. The number of furan rings is 1. The van der Waals surface area contributed by atoms with E-state index in [1.165, 1.54) is 7.11 Å². The lowest BCUT2D eigenvalue weighted by Gasteiger charge is -1.97. The molecule has 0 fully saturated rings. The number of benzene rings is 1. The normalized spacial score (nSPS) is 10.9. The van der Waals surface area contributed by atoms with Crippen LogP contribution < -0.4 is 0 Å². The lowest BCUT2D eigenvalue weighted by molar-refractivity contribution is 0.0658. The van der Waals surface area contributed by atoms with E-state index in [1.54, 1.807) is 6.07 Å². The maximum Gasteiger partial charge on any atom is 0.372 e. The molecule has 16 heavy (non-hydrogen) atoms. The first-order valence-electron chi connectivity index (χ1n) is 4.57. The van der Waals surface area contributed by atoms with Crippen molar-refractivity contribution in [1.29, 1.82) is 0 Å². The standard InChI is InChI=1S/C11H9BrO4/c1-15-5-7-6-3-2-4-8(12)9(6)16-10(7)11(13)14/h2-4H,5H2,1H3,(H,13,14). The summed E-state index contributed by atoms with van der Waals surface area (Å²) >= 11 is 3.32. The third-order valence-corrected chi connectivity index (χ3v) is 2.88. The van der Waals surface area contributed by atoms with Gasteiger partial charge in [0.1, 0.15) is 5.58 Å². The number of methoxy groups -OCH3 is 1. The van der Waals surface area contributed by atoms with Gasteiger partial charge in [0.05, 0.1) is 11.1 Å². The SMILES string of the molecule is COCc1c(C(=O)O)oc2c(Br)cccc12. The van der Waals surface area contributed by atoms with Crippen LogP contribution in [0, 0.1) is 0 Å². The van der Waals surface area contributed by atoms with Crippen LogP contribution in [0.25, 0.3) is 11.0 Å². The van der Waals surface area contributed by atoms with Crippen molar-refractivity contribution in [3.8, 4) is 0 Å². The molecule has 84 valence electrons. The van der Waals surface area contributed by atoms with Gasteiger partial charge in [0, 0.05) is 18.1 Å². The average Bonchev–Trinajstić information content (AvgIpc) is 2.60. The number of aromatic carboxylic acids is 1. The Morgan fingerprint density at radius 1 is 1.56 bits per heavy atom. The van der Waals surface area contributed by atoms with Gasteiger partial charge in [-0.3, -0.25) is 0 Å². The molecule has 1 aromatic carbocycles. The topological polar surface area (TPSA) is 59.7 Å². The van der Waals surface area contributed by atoms with Crippen LogP contribution in [0.2, 0.25) is 0 Å². The number of fused-ring (bicyclic) bond motifs is 1. The first-order chi connectivity index (χ1) is 7.65. The summed E-state index contributed by atoms with van der Waals surface area (Å²) in [7, 11) is 1.52. The lowest BCUT2D eigenvalue weighted by atomic mass is 10.1. The molecule has 5 heteroatoms. The van der Waals surface area contributed by atoms with E-state index < -0.39 is 5.97 Å². The first-order valence-corrected chi connectivity index (χ1v) is 5.36. The third kappa shape index (κ3) is 1.72. The lowest BCUT2D eigenvalue weighted by Crippen LogP contribution is -1.99. The number of carboxylic acid groups (broad SMARTS) is 1. The molecular formula is C11H9BrO4. The van der Waals surface area contributed by atoms with Gasteiger partial charge >= 0.3 is 5.97 Å². The zero-order chi connectivity index (χ0) is 11.7. The van der Waals surface area contributed by atoms with Crippen LogP contribution in [-0.2, 0) is 11.3 Å². The Morgan fingerprint density at radius 3 is 2.94 bits per heavy atom. The molecule has 0 amide bonds. The zero-order valence-corrected chi connectivity index (χ0v) is 10.1. The number of para-hydroxylation sites is 1.